The van der Waals surface area contributed by atoms with Gasteiger partial charge in [-0.1, -0.05) is 106 Å². The molecule has 202 valence electrons. The van der Waals surface area contributed by atoms with Crippen molar-refractivity contribution in [2.24, 2.45) is 29.1 Å². The molecule has 0 rings (SSSR count). The molecule has 36 heavy (non-hydrogen) atoms. The van der Waals surface area contributed by atoms with Crippen molar-refractivity contribution in [2.45, 2.75) is 124 Å². The van der Waals surface area contributed by atoms with Crippen LogP contribution < -0.4 is 113 Å². The number of rotatable bonds is 20. The first-order valence-corrected chi connectivity index (χ1v) is 14.7. The zero-order chi connectivity index (χ0) is 26.5. The summed E-state index contributed by atoms with van der Waals surface area (Å²) in [4.78, 5) is 24.7. The summed E-state index contributed by atoms with van der Waals surface area (Å²) >= 11 is 0. The molecular formula is C26H48K2O7S. The molecule has 0 radical (unpaired) electrons. The summed E-state index contributed by atoms with van der Waals surface area (Å²) in [6, 6.07) is 0. The summed E-state index contributed by atoms with van der Waals surface area (Å²) in [6.45, 7) is 11.5. The van der Waals surface area contributed by atoms with Crippen molar-refractivity contribution in [1.29, 1.82) is 0 Å². The second kappa shape index (κ2) is 21.8. The third kappa shape index (κ3) is 13.2. The molecule has 0 aliphatic heterocycles. The van der Waals surface area contributed by atoms with Gasteiger partial charge in [0.15, 0.2) is 0 Å². The maximum absolute atomic E-state index is 12.7. The number of carbonyl (C=O) groups excluding carboxylic acids is 2. The fourth-order valence-electron chi connectivity index (χ4n) is 5.61. The molecule has 5 atom stereocenters. The molecule has 0 bridgehead atoms. The third-order valence-corrected chi connectivity index (χ3v) is 9.21. The van der Waals surface area contributed by atoms with Crippen LogP contribution in [0.4, 0.5) is 0 Å². The van der Waals surface area contributed by atoms with Gasteiger partial charge in [-0.15, -0.1) is 0 Å². The van der Waals surface area contributed by atoms with Crippen molar-refractivity contribution >= 4 is 22.1 Å². The van der Waals surface area contributed by atoms with Crippen LogP contribution in [0.2, 0.25) is 0 Å². The minimum Gasteiger partial charge on any atom is -0.549 e. The molecule has 0 aliphatic rings. The van der Waals surface area contributed by atoms with Crippen LogP contribution >= 0.6 is 0 Å². The molecule has 0 aromatic rings. The molecule has 0 spiro atoms. The Labute approximate surface area is 305 Å². The Morgan fingerprint density at radius 3 is 1.33 bits per heavy atom. The third-order valence-electron chi connectivity index (χ3n) is 8.03. The molecule has 0 fully saturated rings. The van der Waals surface area contributed by atoms with E-state index < -0.39 is 44.6 Å². The molecule has 5 unspecified atom stereocenters. The molecule has 1 N–H and O–H groups in total. The summed E-state index contributed by atoms with van der Waals surface area (Å²) in [6.07, 6.45) is 9.87. The first-order chi connectivity index (χ1) is 15.8. The first kappa shape index (κ1) is 42.6. The number of aliphatic carboxylic acids is 2. The van der Waals surface area contributed by atoms with Crippen molar-refractivity contribution in [3.05, 3.63) is 0 Å². The average Bonchev–Trinajstić information content (AvgIpc) is 2.75. The van der Waals surface area contributed by atoms with E-state index in [-0.39, 0.29) is 103 Å². The van der Waals surface area contributed by atoms with E-state index in [0.717, 1.165) is 51.4 Å². The average molecular weight is 583 g/mol. The predicted octanol–water partition coefficient (Wildman–Crippen LogP) is -2.00. The topological polar surface area (TPSA) is 135 Å². The van der Waals surface area contributed by atoms with Gasteiger partial charge in [0, 0.05) is 11.4 Å². The van der Waals surface area contributed by atoms with Gasteiger partial charge in [-0.3, -0.25) is 4.55 Å². The van der Waals surface area contributed by atoms with Gasteiger partial charge in [-0.25, -0.2) is 0 Å². The fourth-order valence-corrected chi connectivity index (χ4v) is 6.91. The maximum Gasteiger partial charge on any atom is 1.00 e. The predicted molar refractivity (Wildman–Crippen MR) is 131 cm³/mol. The second-order valence-electron chi connectivity index (χ2n) is 10.2. The standard InChI is InChI=1S/C26H50O7S.2K/c1-7-11-13-21(9-3)17-15-19(5)26(25(29)30,23(24(27)28)34(31,32)33)20(6)16-18-22(10-4)14-12-8-2;;/h19-23H,7-18H2,1-6H3,(H,27,28)(H,29,30)(H,31,32,33);;/q;2*+1/p-2. The van der Waals surface area contributed by atoms with Gasteiger partial charge in [-0.05, 0) is 36.5 Å². The summed E-state index contributed by atoms with van der Waals surface area (Å²) in [5.41, 5.74) is -2.29. The SMILES string of the molecule is CCCCC(CC)CCC(C)C(C(=O)[O-])(C(C)CCC(CC)CCCC)C(C(=O)[O-])S(=O)(=O)O.[K+].[K+]. The molecule has 0 amide bonds. The number of carbonyl (C=O) groups is 2. The van der Waals surface area contributed by atoms with Gasteiger partial charge in [-0.2, -0.15) is 8.42 Å². The number of carboxylic acids is 2. The van der Waals surface area contributed by atoms with Crippen LogP contribution in [-0.4, -0.2) is 30.2 Å². The maximum atomic E-state index is 12.7. The van der Waals surface area contributed by atoms with Crippen molar-refractivity contribution in [2.75, 3.05) is 0 Å². The van der Waals surface area contributed by atoms with E-state index in [1.807, 2.05) is 0 Å². The fraction of sp³-hybridized carbons (Fsp3) is 0.923. The van der Waals surface area contributed by atoms with E-state index in [1.54, 1.807) is 13.8 Å². The van der Waals surface area contributed by atoms with Gasteiger partial charge in [0.05, 0.1) is 5.97 Å². The quantitative estimate of drug-likeness (QED) is 0.130. The first-order valence-electron chi connectivity index (χ1n) is 13.2. The number of hydrogen-bond acceptors (Lipinski definition) is 6. The van der Waals surface area contributed by atoms with Gasteiger partial charge in [0.25, 0.3) is 10.1 Å². The van der Waals surface area contributed by atoms with Crippen LogP contribution in [0.1, 0.15) is 119 Å². The van der Waals surface area contributed by atoms with Gasteiger partial charge < -0.3 is 19.8 Å². The minimum atomic E-state index is -5.26. The van der Waals surface area contributed by atoms with Crippen LogP contribution in [0.5, 0.6) is 0 Å². The monoisotopic (exact) mass is 582 g/mol. The van der Waals surface area contributed by atoms with Crippen LogP contribution in [-0.2, 0) is 19.7 Å². The van der Waals surface area contributed by atoms with Gasteiger partial charge >= 0.3 is 103 Å². The second-order valence-corrected chi connectivity index (χ2v) is 11.7. The number of carboxylic acid groups (broad SMARTS) is 2. The van der Waals surface area contributed by atoms with Crippen LogP contribution in [0, 0.1) is 29.1 Å². The molecule has 7 nitrogen and oxygen atoms in total. The van der Waals surface area contributed by atoms with E-state index >= 15 is 0 Å². The summed E-state index contributed by atoms with van der Waals surface area (Å²) in [7, 11) is -5.26. The summed E-state index contributed by atoms with van der Waals surface area (Å²) in [5.74, 6) is -4.86. The Balaban J connectivity index is -0.00000544. The molecule has 0 aromatic carbocycles. The van der Waals surface area contributed by atoms with Crippen LogP contribution in [0.25, 0.3) is 0 Å². The minimum absolute atomic E-state index is 0. The van der Waals surface area contributed by atoms with Crippen LogP contribution in [0.15, 0.2) is 0 Å². The molecule has 0 aromatic heterocycles. The zero-order valence-corrected chi connectivity index (χ0v) is 31.2. The van der Waals surface area contributed by atoms with E-state index in [4.69, 9.17) is 0 Å². The Morgan fingerprint density at radius 1 is 0.750 bits per heavy atom. The number of unbranched alkanes of at least 4 members (excludes halogenated alkanes) is 2. The Bertz CT molecular complexity index is 689. The van der Waals surface area contributed by atoms with E-state index in [0.29, 0.717) is 37.5 Å². The summed E-state index contributed by atoms with van der Waals surface area (Å²) in [5, 5.41) is 22.1. The molecule has 0 aliphatic carbocycles. The number of hydrogen-bond donors (Lipinski definition) is 1. The van der Waals surface area contributed by atoms with Crippen LogP contribution in [0.3, 0.4) is 0 Å². The Kier molecular flexibility index (Phi) is 25.8. The smallest absolute Gasteiger partial charge is 0.549 e. The van der Waals surface area contributed by atoms with Gasteiger partial charge in [0.1, 0.15) is 5.25 Å². The van der Waals surface area contributed by atoms with E-state index in [1.165, 1.54) is 0 Å². The van der Waals surface area contributed by atoms with Gasteiger partial charge in [0.2, 0.25) is 0 Å². The Hall–Kier alpha value is 2.12. The van der Waals surface area contributed by atoms with Crippen molar-refractivity contribution in [3.63, 3.8) is 0 Å². The largest absolute Gasteiger partial charge is 1.00 e. The normalized spacial score (nSPS) is 17.4. The molecule has 0 saturated carbocycles. The van der Waals surface area contributed by atoms with E-state index in [2.05, 4.69) is 27.7 Å². The van der Waals surface area contributed by atoms with Crippen molar-refractivity contribution in [3.8, 4) is 0 Å². The summed E-state index contributed by atoms with van der Waals surface area (Å²) < 4.78 is 34.4. The van der Waals surface area contributed by atoms with Crippen molar-refractivity contribution < 1.29 is 136 Å². The molecule has 0 saturated heterocycles. The Morgan fingerprint density at radius 2 is 1.11 bits per heavy atom. The van der Waals surface area contributed by atoms with E-state index in [9.17, 15) is 32.8 Å². The molecule has 0 heterocycles. The van der Waals surface area contributed by atoms with Crippen molar-refractivity contribution in [1.82, 2.24) is 0 Å². The molecule has 10 heteroatoms. The molecular weight excluding hydrogens is 535 g/mol. The zero-order valence-electron chi connectivity index (χ0n) is 24.2.